The van der Waals surface area contributed by atoms with Crippen LogP contribution in [0.5, 0.6) is 23.3 Å². The lowest BCUT2D eigenvalue weighted by Crippen LogP contribution is -2.39. The largest absolute Gasteiger partial charge is 0.497 e. The van der Waals surface area contributed by atoms with Crippen LogP contribution >= 0.6 is 0 Å². The van der Waals surface area contributed by atoms with Gasteiger partial charge in [0.05, 0.1) is 21.3 Å². The summed E-state index contributed by atoms with van der Waals surface area (Å²) in [4.78, 5) is 8.30. The van der Waals surface area contributed by atoms with Crippen LogP contribution in [0.15, 0.2) is 35.5 Å². The number of nitrogens with zero attached hydrogens (tertiary/aromatic N) is 2. The van der Waals surface area contributed by atoms with Crippen LogP contribution in [0.2, 0.25) is 0 Å². The van der Waals surface area contributed by atoms with Gasteiger partial charge in [-0.2, -0.15) is 0 Å². The molecule has 29 heavy (non-hydrogen) atoms. The molecule has 0 spiro atoms. The molecule has 1 heterocycles. The maximum absolute atomic E-state index is 12.8. The number of methoxy groups -OCH3 is 3. The van der Waals surface area contributed by atoms with E-state index < -0.39 is 10.0 Å². The van der Waals surface area contributed by atoms with Gasteiger partial charge in [0.15, 0.2) is 0 Å². The SMILES string of the molecule is COc1ccc(S(=O)(=O)NC2CCC(Oc3nccnc3OC)CC2)c(OC)c1. The van der Waals surface area contributed by atoms with Gasteiger partial charge in [-0.1, -0.05) is 0 Å². The van der Waals surface area contributed by atoms with Crippen molar-refractivity contribution in [1.82, 2.24) is 14.7 Å². The van der Waals surface area contributed by atoms with Crippen LogP contribution in [0.1, 0.15) is 25.7 Å². The standard InChI is InChI=1S/C19H25N3O6S/c1-25-15-8-9-17(16(12-15)26-2)29(23,24)22-13-4-6-14(7-5-13)28-19-18(27-3)20-10-11-21-19/h8-14,22H,4-7H2,1-3H3. The molecule has 1 saturated carbocycles. The Labute approximate surface area is 170 Å². The van der Waals surface area contributed by atoms with Gasteiger partial charge >= 0.3 is 0 Å². The summed E-state index contributed by atoms with van der Waals surface area (Å²) >= 11 is 0. The number of ether oxygens (including phenoxy) is 4. The molecule has 0 atom stereocenters. The zero-order valence-electron chi connectivity index (χ0n) is 16.6. The van der Waals surface area contributed by atoms with Crippen LogP contribution in [0.4, 0.5) is 0 Å². The number of aromatic nitrogens is 2. The first-order valence-electron chi connectivity index (χ1n) is 9.23. The number of hydrogen-bond acceptors (Lipinski definition) is 8. The summed E-state index contributed by atoms with van der Waals surface area (Å²) in [6, 6.07) is 4.44. The fourth-order valence-corrected chi connectivity index (χ4v) is 4.73. The highest BCUT2D eigenvalue weighted by atomic mass is 32.2. The van der Waals surface area contributed by atoms with Crippen LogP contribution in [-0.4, -0.2) is 51.9 Å². The van der Waals surface area contributed by atoms with E-state index in [0.717, 1.165) is 0 Å². The molecule has 9 nitrogen and oxygen atoms in total. The Balaban J connectivity index is 1.61. The molecular formula is C19H25N3O6S. The zero-order valence-corrected chi connectivity index (χ0v) is 17.4. The molecule has 0 bridgehead atoms. The number of rotatable bonds is 8. The van der Waals surface area contributed by atoms with Crippen molar-refractivity contribution in [2.45, 2.75) is 42.7 Å². The maximum Gasteiger partial charge on any atom is 0.278 e. The average molecular weight is 423 g/mol. The minimum Gasteiger partial charge on any atom is -0.497 e. The molecule has 1 aliphatic carbocycles. The third kappa shape index (κ3) is 5.07. The van der Waals surface area contributed by atoms with E-state index in [1.54, 1.807) is 18.3 Å². The van der Waals surface area contributed by atoms with E-state index in [4.69, 9.17) is 18.9 Å². The Kier molecular flexibility index (Phi) is 6.75. The van der Waals surface area contributed by atoms with Gasteiger partial charge < -0.3 is 18.9 Å². The monoisotopic (exact) mass is 423 g/mol. The average Bonchev–Trinajstić information content (AvgIpc) is 2.74. The van der Waals surface area contributed by atoms with E-state index in [0.29, 0.717) is 43.2 Å². The fourth-order valence-electron chi connectivity index (χ4n) is 3.27. The Hall–Kier alpha value is -2.59. The van der Waals surface area contributed by atoms with Gasteiger partial charge in [-0.25, -0.2) is 23.1 Å². The van der Waals surface area contributed by atoms with Crippen molar-refractivity contribution in [1.29, 1.82) is 0 Å². The third-order valence-corrected chi connectivity index (χ3v) is 6.32. The van der Waals surface area contributed by atoms with Crippen molar-refractivity contribution in [3.8, 4) is 23.3 Å². The first-order valence-corrected chi connectivity index (χ1v) is 10.7. The maximum atomic E-state index is 12.8. The molecule has 1 N–H and O–H groups in total. The Morgan fingerprint density at radius 1 is 0.931 bits per heavy atom. The molecule has 10 heteroatoms. The van der Waals surface area contributed by atoms with E-state index >= 15 is 0 Å². The zero-order chi connectivity index (χ0) is 20.9. The number of sulfonamides is 1. The second-order valence-electron chi connectivity index (χ2n) is 6.60. The molecule has 0 radical (unpaired) electrons. The molecule has 1 aliphatic rings. The van der Waals surface area contributed by atoms with Crippen LogP contribution in [0.25, 0.3) is 0 Å². The molecule has 2 aromatic rings. The second kappa shape index (κ2) is 9.27. The summed E-state index contributed by atoms with van der Waals surface area (Å²) in [5.74, 6) is 1.45. The highest BCUT2D eigenvalue weighted by molar-refractivity contribution is 7.89. The predicted octanol–water partition coefficient (Wildman–Crippen LogP) is 2.17. The van der Waals surface area contributed by atoms with Crippen molar-refractivity contribution in [2.24, 2.45) is 0 Å². The van der Waals surface area contributed by atoms with Crippen molar-refractivity contribution >= 4 is 10.0 Å². The van der Waals surface area contributed by atoms with Crippen molar-refractivity contribution in [2.75, 3.05) is 21.3 Å². The molecule has 3 rings (SSSR count). The number of nitrogens with one attached hydrogen (secondary N) is 1. The molecule has 0 saturated heterocycles. The highest BCUT2D eigenvalue weighted by Gasteiger charge is 2.29. The molecular weight excluding hydrogens is 398 g/mol. The first kappa shape index (κ1) is 21.1. The summed E-state index contributed by atoms with van der Waals surface area (Å²) in [6.07, 6.45) is 5.66. The first-order chi connectivity index (χ1) is 14.0. The van der Waals surface area contributed by atoms with Crippen molar-refractivity contribution in [3.05, 3.63) is 30.6 Å². The molecule has 0 unspecified atom stereocenters. The van der Waals surface area contributed by atoms with Crippen molar-refractivity contribution < 1.29 is 27.4 Å². The molecule has 1 aromatic carbocycles. The van der Waals surface area contributed by atoms with E-state index in [1.807, 2.05) is 0 Å². The number of benzene rings is 1. The lowest BCUT2D eigenvalue weighted by molar-refractivity contribution is 0.132. The summed E-state index contributed by atoms with van der Waals surface area (Å²) in [5.41, 5.74) is 0. The quantitative estimate of drug-likeness (QED) is 0.688. The fraction of sp³-hybridized carbons (Fsp3) is 0.474. The van der Waals surface area contributed by atoms with Gasteiger partial charge in [-0.05, 0) is 37.8 Å². The second-order valence-corrected chi connectivity index (χ2v) is 8.28. The smallest absolute Gasteiger partial charge is 0.278 e. The predicted molar refractivity (Wildman–Crippen MR) is 105 cm³/mol. The van der Waals surface area contributed by atoms with E-state index in [1.165, 1.54) is 33.6 Å². The molecule has 0 aliphatic heterocycles. The molecule has 1 fully saturated rings. The van der Waals surface area contributed by atoms with E-state index in [9.17, 15) is 8.42 Å². The Morgan fingerprint density at radius 3 is 2.24 bits per heavy atom. The summed E-state index contributed by atoms with van der Waals surface area (Å²) in [6.45, 7) is 0. The highest BCUT2D eigenvalue weighted by Crippen LogP contribution is 2.31. The lowest BCUT2D eigenvalue weighted by atomic mass is 9.94. The summed E-state index contributed by atoms with van der Waals surface area (Å²) in [5, 5.41) is 0. The topological polar surface area (TPSA) is 109 Å². The molecule has 158 valence electrons. The van der Waals surface area contributed by atoms with E-state index in [2.05, 4.69) is 14.7 Å². The minimum absolute atomic E-state index is 0.0723. The van der Waals surface area contributed by atoms with Gasteiger partial charge in [0, 0.05) is 24.5 Å². The van der Waals surface area contributed by atoms with Gasteiger partial charge in [-0.15, -0.1) is 0 Å². The van der Waals surface area contributed by atoms with Gasteiger partial charge in [0.25, 0.3) is 11.8 Å². The van der Waals surface area contributed by atoms with Crippen LogP contribution in [-0.2, 0) is 10.0 Å². The summed E-state index contributed by atoms with van der Waals surface area (Å²) < 4.78 is 49.8. The Morgan fingerprint density at radius 2 is 1.62 bits per heavy atom. The van der Waals surface area contributed by atoms with E-state index in [-0.39, 0.29) is 22.8 Å². The third-order valence-electron chi connectivity index (χ3n) is 4.76. The number of hydrogen-bond donors (Lipinski definition) is 1. The molecule has 1 aromatic heterocycles. The van der Waals surface area contributed by atoms with Gasteiger partial charge in [0.2, 0.25) is 10.0 Å². The van der Waals surface area contributed by atoms with Crippen LogP contribution in [0.3, 0.4) is 0 Å². The normalized spacial score (nSPS) is 19.4. The van der Waals surface area contributed by atoms with Gasteiger partial charge in [-0.3, -0.25) is 0 Å². The summed E-state index contributed by atoms with van der Waals surface area (Å²) in [7, 11) is 0.721. The van der Waals surface area contributed by atoms with Gasteiger partial charge in [0.1, 0.15) is 22.5 Å². The molecule has 0 amide bonds. The van der Waals surface area contributed by atoms with Crippen LogP contribution < -0.4 is 23.7 Å². The van der Waals surface area contributed by atoms with Crippen LogP contribution in [0, 0.1) is 0 Å². The minimum atomic E-state index is -3.73. The Bertz CT molecular complexity index is 929. The van der Waals surface area contributed by atoms with Crippen molar-refractivity contribution in [3.63, 3.8) is 0 Å². The lowest BCUT2D eigenvalue weighted by Gasteiger charge is -2.29.